The lowest BCUT2D eigenvalue weighted by molar-refractivity contribution is -0.138. The van der Waals surface area contributed by atoms with Crippen molar-refractivity contribution in [3.05, 3.63) is 259 Å². The number of carbonyl (C=O) groups is 3. The van der Waals surface area contributed by atoms with Crippen LogP contribution in [0.1, 0.15) is 36.8 Å². The van der Waals surface area contributed by atoms with Gasteiger partial charge in [0.05, 0.1) is 73.5 Å². The van der Waals surface area contributed by atoms with Crippen molar-refractivity contribution in [2.45, 2.75) is 38.0 Å². The van der Waals surface area contributed by atoms with Crippen LogP contribution in [0.5, 0.6) is 34.5 Å². The number of urea groups is 3. The monoisotopic (exact) mass is 1470 g/mol. The number of pyridine rings is 1. The van der Waals surface area contributed by atoms with Crippen LogP contribution in [0.3, 0.4) is 0 Å². The van der Waals surface area contributed by atoms with Gasteiger partial charge >= 0.3 is 30.4 Å². The standard InChI is InChI=1S/C26H21ClF3N5O2.C26H22F3N5O2.C26H18FN5O2/c27-21-9-5-17(13-20(21)26(28,29)30)33-25(36)32-16-3-6-18(7-4-16)37-19-8-10-22-23(14-19)34-24(15-31-22)35-11-1-2-12-35;27-26(28,29)17-4-3-5-19(14-17)32-25(35)31-18-6-8-20(9-7-18)36-21-10-11-22-23(15-21)33-24(16-30-22)34-12-1-2-13-34;27-18-4-1-5-20(13-18)31-26(33)30-19-6-8-21(9-7-19)34-22-10-11-23-24(14-22)32-25(16-29-23)17-3-2-12-28-15-17/h3-10,13-15H,1-2,11-12H2,(H2,32,33,36);3-11,14-16H,1-2,12-13H2,(H2,31,32,35);1-16H,(H2,30,31,33). The first kappa shape index (κ1) is 72.1. The summed E-state index contributed by atoms with van der Waals surface area (Å²) >= 11 is 5.61. The van der Waals surface area contributed by atoms with E-state index in [1.165, 1.54) is 36.4 Å². The Balaban J connectivity index is 0.000000142. The van der Waals surface area contributed by atoms with Crippen LogP contribution >= 0.6 is 11.6 Å². The molecule has 0 atom stereocenters. The third-order valence-corrected chi connectivity index (χ3v) is 16.8. The van der Waals surface area contributed by atoms with Gasteiger partial charge in [-0.15, -0.1) is 0 Å². The van der Waals surface area contributed by atoms with Gasteiger partial charge in [0.1, 0.15) is 52.0 Å². The summed E-state index contributed by atoms with van der Waals surface area (Å²) in [7, 11) is 0. The smallest absolute Gasteiger partial charge is 0.417 e. The zero-order valence-corrected chi connectivity index (χ0v) is 56.9. The Hall–Kier alpha value is -13.2. The van der Waals surface area contributed by atoms with E-state index in [2.05, 4.69) is 66.6 Å². The van der Waals surface area contributed by atoms with Gasteiger partial charge in [0.15, 0.2) is 0 Å². The molecule has 107 heavy (non-hydrogen) atoms. The zero-order chi connectivity index (χ0) is 74.4. The molecule has 2 aliphatic heterocycles. The first-order valence-electron chi connectivity index (χ1n) is 33.3. The van der Waals surface area contributed by atoms with E-state index in [1.807, 2.05) is 54.6 Å². The first-order chi connectivity index (χ1) is 51.7. The van der Waals surface area contributed by atoms with Crippen molar-refractivity contribution in [2.75, 3.05) is 67.9 Å². The normalized spacial score (nSPS) is 12.6. The van der Waals surface area contributed by atoms with Crippen LogP contribution in [0.25, 0.3) is 44.4 Å². The number of benzene rings is 9. The highest BCUT2D eigenvalue weighted by atomic mass is 35.5. The molecule has 21 nitrogen and oxygen atoms in total. The van der Waals surface area contributed by atoms with E-state index in [9.17, 15) is 45.1 Å². The van der Waals surface area contributed by atoms with Crippen LogP contribution < -0.4 is 55.9 Å². The minimum atomic E-state index is -4.63. The van der Waals surface area contributed by atoms with E-state index >= 15 is 0 Å². The van der Waals surface area contributed by atoms with Gasteiger partial charge in [-0.25, -0.2) is 33.7 Å². The average molecular weight is 1470 g/mol. The second-order valence-corrected chi connectivity index (χ2v) is 24.6. The summed E-state index contributed by atoms with van der Waals surface area (Å²) in [6.07, 6.45) is 4.24. The van der Waals surface area contributed by atoms with E-state index < -0.39 is 52.4 Å². The molecule has 0 aliphatic carbocycles. The van der Waals surface area contributed by atoms with Gasteiger partial charge in [-0.1, -0.05) is 23.7 Å². The SMILES string of the molecule is O=C(Nc1ccc(Oc2ccc3ncc(-c4cccnc4)nc3c2)cc1)Nc1cccc(F)c1.O=C(Nc1ccc(Oc2ccc3ncc(N4CCCC4)nc3c2)cc1)Nc1ccc(Cl)c(C(F)(F)F)c1.O=C(Nc1ccc(Oc2ccc3ncc(N4CCCC4)nc3c2)cc1)Nc1cccc(C(F)(F)F)c1. The number of nitrogens with zero attached hydrogens (tertiary/aromatic N) is 9. The Kier molecular flexibility index (Phi) is 22.0. The number of hydrogen-bond acceptors (Lipinski definition) is 15. The van der Waals surface area contributed by atoms with Gasteiger partial charge in [0.2, 0.25) is 0 Å². The number of amides is 6. The molecule has 2 fully saturated rings. The van der Waals surface area contributed by atoms with Crippen LogP contribution in [-0.2, 0) is 12.4 Å². The molecule has 0 spiro atoms. The Morgan fingerprint density at radius 1 is 0.383 bits per heavy atom. The van der Waals surface area contributed by atoms with Crippen LogP contribution in [0.15, 0.2) is 237 Å². The fourth-order valence-corrected chi connectivity index (χ4v) is 11.5. The Labute approximate surface area is 610 Å². The summed E-state index contributed by atoms with van der Waals surface area (Å²) in [6.45, 7) is 3.91. The lowest BCUT2D eigenvalue weighted by Gasteiger charge is -2.16. The molecular formula is C78H61ClF7N15O6. The van der Waals surface area contributed by atoms with Crippen LogP contribution in [0, 0.1) is 5.82 Å². The van der Waals surface area contributed by atoms with Gasteiger partial charge < -0.3 is 55.9 Å². The van der Waals surface area contributed by atoms with Crippen molar-refractivity contribution in [1.29, 1.82) is 0 Å². The number of halogens is 8. The Morgan fingerprint density at radius 3 is 1.21 bits per heavy atom. The molecule has 6 heterocycles. The molecule has 0 unspecified atom stereocenters. The van der Waals surface area contributed by atoms with E-state index in [1.54, 1.807) is 122 Å². The fourth-order valence-electron chi connectivity index (χ4n) is 11.3. The van der Waals surface area contributed by atoms with Gasteiger partial charge in [0, 0.05) is 96.5 Å². The zero-order valence-electron chi connectivity index (χ0n) is 56.2. The molecule has 6 amide bonds. The lowest BCUT2D eigenvalue weighted by Crippen LogP contribution is -2.19. The van der Waals surface area contributed by atoms with E-state index in [-0.39, 0.29) is 11.4 Å². The van der Waals surface area contributed by atoms with E-state index in [0.717, 1.165) is 127 Å². The molecule has 4 aromatic heterocycles. The minimum Gasteiger partial charge on any atom is -0.457 e. The highest BCUT2D eigenvalue weighted by Gasteiger charge is 2.34. The number of carbonyl (C=O) groups excluding carboxylic acids is 3. The summed E-state index contributed by atoms with van der Waals surface area (Å²) in [4.78, 5) is 72.8. The number of hydrogen-bond donors (Lipinski definition) is 6. The number of rotatable bonds is 15. The first-order valence-corrected chi connectivity index (χ1v) is 33.7. The molecule has 15 rings (SSSR count). The predicted octanol–water partition coefficient (Wildman–Crippen LogP) is 20.3. The number of fused-ring (bicyclic) bond motifs is 3. The van der Waals surface area contributed by atoms with Crippen molar-refractivity contribution in [3.8, 4) is 45.8 Å². The van der Waals surface area contributed by atoms with Crippen LogP contribution in [0.2, 0.25) is 5.02 Å². The minimum absolute atomic E-state index is 0.0366. The van der Waals surface area contributed by atoms with Crippen molar-refractivity contribution in [1.82, 2.24) is 34.9 Å². The summed E-state index contributed by atoms with van der Waals surface area (Å²) in [6, 6.07) is 51.7. The second-order valence-electron chi connectivity index (χ2n) is 24.2. The van der Waals surface area contributed by atoms with Crippen molar-refractivity contribution in [2.24, 2.45) is 0 Å². The van der Waals surface area contributed by atoms with Crippen LogP contribution in [-0.4, -0.2) is 79.2 Å². The molecule has 0 saturated carbocycles. The summed E-state index contributed by atoms with van der Waals surface area (Å²) in [5.41, 5.74) is 6.00. The molecule has 9 aromatic carbocycles. The van der Waals surface area contributed by atoms with Crippen molar-refractivity contribution >= 4 is 109 Å². The van der Waals surface area contributed by atoms with Gasteiger partial charge in [-0.2, -0.15) is 26.3 Å². The second kappa shape index (κ2) is 32.6. The molecule has 2 saturated heterocycles. The quantitative estimate of drug-likeness (QED) is 0.0523. The van der Waals surface area contributed by atoms with Gasteiger partial charge in [0.25, 0.3) is 0 Å². The molecule has 6 N–H and O–H groups in total. The highest BCUT2D eigenvalue weighted by molar-refractivity contribution is 6.31. The number of ether oxygens (including phenoxy) is 3. The van der Waals surface area contributed by atoms with Gasteiger partial charge in [-0.05, 0) is 202 Å². The maximum absolute atomic E-state index is 13.3. The number of anilines is 8. The topological polar surface area (TPSA) is 248 Å². The third kappa shape index (κ3) is 19.5. The molecule has 13 aromatic rings. The number of alkyl halides is 6. The molecule has 0 bridgehead atoms. The maximum Gasteiger partial charge on any atom is 0.417 e. The number of aromatic nitrogens is 7. The Bertz CT molecular complexity index is 5340. The lowest BCUT2D eigenvalue weighted by atomic mass is 10.2. The predicted molar refractivity (Wildman–Crippen MR) is 397 cm³/mol. The molecule has 0 radical (unpaired) electrons. The summed E-state index contributed by atoms with van der Waals surface area (Å²) in [5.74, 6) is 4.73. The van der Waals surface area contributed by atoms with Crippen LogP contribution in [0.4, 0.5) is 90.9 Å². The van der Waals surface area contributed by atoms with E-state index in [4.69, 9.17) is 35.8 Å². The maximum atomic E-state index is 13.3. The largest absolute Gasteiger partial charge is 0.457 e. The van der Waals surface area contributed by atoms with Crippen molar-refractivity contribution < 1.29 is 59.3 Å². The molecule has 540 valence electrons. The fraction of sp³-hybridized carbons (Fsp3) is 0.128. The van der Waals surface area contributed by atoms with E-state index in [0.29, 0.717) is 62.8 Å². The summed E-state index contributed by atoms with van der Waals surface area (Å²) in [5, 5.41) is 14.8. The molecular weight excluding hydrogens is 1410 g/mol. The summed E-state index contributed by atoms with van der Waals surface area (Å²) < 4.78 is 109. The van der Waals surface area contributed by atoms with Crippen molar-refractivity contribution in [3.63, 3.8) is 0 Å². The third-order valence-electron chi connectivity index (χ3n) is 16.4. The molecule has 29 heteroatoms. The highest BCUT2D eigenvalue weighted by Crippen LogP contribution is 2.38. The average Bonchev–Trinajstić information content (AvgIpc) is 1.47. The van der Waals surface area contributed by atoms with Gasteiger partial charge in [-0.3, -0.25) is 19.9 Å². The Morgan fingerprint density at radius 2 is 0.785 bits per heavy atom. The number of nitrogens with one attached hydrogen (secondary N) is 6. The molecule has 2 aliphatic rings.